The van der Waals surface area contributed by atoms with E-state index in [1.165, 1.54) is 19.3 Å². The maximum atomic E-state index is 11.2. The first-order valence-corrected chi connectivity index (χ1v) is 6.86. The van der Waals surface area contributed by atoms with Crippen LogP contribution in [0.2, 0.25) is 0 Å². The highest BCUT2D eigenvalue weighted by Gasteiger charge is 2.29. The van der Waals surface area contributed by atoms with E-state index in [0.29, 0.717) is 12.5 Å². The number of piperazine rings is 1. The zero-order valence-electron chi connectivity index (χ0n) is 11.1. The van der Waals surface area contributed by atoms with Crippen LogP contribution in [0.4, 0.5) is 0 Å². The third kappa shape index (κ3) is 4.64. The monoisotopic (exact) mass is 242 g/mol. The Balaban J connectivity index is 2.47. The number of hydrogen-bond donors (Lipinski definition) is 2. The SMILES string of the molecule is CCCCC(CC)CN1CCNCC1C(=O)O. The van der Waals surface area contributed by atoms with Gasteiger partial charge in [0, 0.05) is 26.2 Å². The van der Waals surface area contributed by atoms with Gasteiger partial charge in [-0.15, -0.1) is 0 Å². The first kappa shape index (κ1) is 14.5. The third-order valence-electron chi connectivity index (χ3n) is 3.68. The number of carboxylic acids is 1. The standard InChI is InChI=1S/C13H26N2O2/c1-3-5-6-11(4-2)10-15-8-7-14-9-12(15)13(16)17/h11-12,14H,3-10H2,1-2H3,(H,16,17). The molecule has 0 bridgehead atoms. The summed E-state index contributed by atoms with van der Waals surface area (Å²) in [6.07, 6.45) is 4.85. The predicted octanol–water partition coefficient (Wildman–Crippen LogP) is 1.56. The lowest BCUT2D eigenvalue weighted by atomic mass is 9.97. The molecule has 4 heteroatoms. The Kier molecular flexibility index (Phi) is 6.52. The molecule has 1 aliphatic heterocycles. The van der Waals surface area contributed by atoms with Gasteiger partial charge < -0.3 is 10.4 Å². The minimum atomic E-state index is -0.692. The molecule has 0 aromatic rings. The number of hydrogen-bond acceptors (Lipinski definition) is 3. The molecule has 17 heavy (non-hydrogen) atoms. The molecule has 0 radical (unpaired) electrons. The smallest absolute Gasteiger partial charge is 0.322 e. The molecular formula is C13H26N2O2. The quantitative estimate of drug-likeness (QED) is 0.711. The Morgan fingerprint density at radius 1 is 1.53 bits per heavy atom. The van der Waals surface area contributed by atoms with Crippen molar-refractivity contribution in [2.75, 3.05) is 26.2 Å². The van der Waals surface area contributed by atoms with Crippen LogP contribution in [0.1, 0.15) is 39.5 Å². The van der Waals surface area contributed by atoms with E-state index in [4.69, 9.17) is 0 Å². The van der Waals surface area contributed by atoms with Crippen molar-refractivity contribution in [1.29, 1.82) is 0 Å². The van der Waals surface area contributed by atoms with E-state index in [-0.39, 0.29) is 6.04 Å². The summed E-state index contributed by atoms with van der Waals surface area (Å²) in [5.41, 5.74) is 0. The molecule has 0 amide bonds. The minimum Gasteiger partial charge on any atom is -0.480 e. The van der Waals surface area contributed by atoms with Crippen molar-refractivity contribution in [2.24, 2.45) is 5.92 Å². The molecule has 100 valence electrons. The molecule has 0 aliphatic carbocycles. The third-order valence-corrected chi connectivity index (χ3v) is 3.68. The van der Waals surface area contributed by atoms with Crippen LogP contribution in [0.15, 0.2) is 0 Å². The molecule has 1 heterocycles. The molecule has 1 fully saturated rings. The highest BCUT2D eigenvalue weighted by Crippen LogP contribution is 2.16. The molecule has 4 nitrogen and oxygen atoms in total. The molecule has 1 rings (SSSR count). The number of rotatable bonds is 7. The van der Waals surface area contributed by atoms with Gasteiger partial charge in [-0.2, -0.15) is 0 Å². The Morgan fingerprint density at radius 3 is 2.88 bits per heavy atom. The van der Waals surface area contributed by atoms with E-state index in [0.717, 1.165) is 26.1 Å². The fourth-order valence-corrected chi connectivity index (χ4v) is 2.46. The van der Waals surface area contributed by atoms with Crippen molar-refractivity contribution in [3.05, 3.63) is 0 Å². The van der Waals surface area contributed by atoms with E-state index in [1.807, 2.05) is 0 Å². The van der Waals surface area contributed by atoms with Crippen LogP contribution in [-0.2, 0) is 4.79 Å². The normalized spacial score (nSPS) is 23.5. The number of carbonyl (C=O) groups is 1. The number of unbranched alkanes of at least 4 members (excludes halogenated alkanes) is 1. The van der Waals surface area contributed by atoms with Gasteiger partial charge in [0.05, 0.1) is 0 Å². The Bertz CT molecular complexity index is 233. The van der Waals surface area contributed by atoms with Crippen LogP contribution < -0.4 is 5.32 Å². The van der Waals surface area contributed by atoms with Gasteiger partial charge in [0.15, 0.2) is 0 Å². The van der Waals surface area contributed by atoms with Crippen LogP contribution in [0.5, 0.6) is 0 Å². The summed E-state index contributed by atoms with van der Waals surface area (Å²) in [6, 6.07) is -0.334. The van der Waals surface area contributed by atoms with Gasteiger partial charge in [0.1, 0.15) is 6.04 Å². The minimum absolute atomic E-state index is 0.334. The second-order valence-electron chi connectivity index (χ2n) is 4.97. The number of carboxylic acid groups (broad SMARTS) is 1. The second-order valence-corrected chi connectivity index (χ2v) is 4.97. The van der Waals surface area contributed by atoms with E-state index in [2.05, 4.69) is 24.1 Å². The highest BCUT2D eigenvalue weighted by atomic mass is 16.4. The van der Waals surface area contributed by atoms with Crippen LogP contribution in [0, 0.1) is 5.92 Å². The summed E-state index contributed by atoms with van der Waals surface area (Å²) in [5.74, 6) is -0.0440. The van der Waals surface area contributed by atoms with Gasteiger partial charge >= 0.3 is 5.97 Å². The Labute approximate surface area is 104 Å². The number of aliphatic carboxylic acids is 1. The van der Waals surface area contributed by atoms with Crippen LogP contribution in [0.3, 0.4) is 0 Å². The zero-order valence-corrected chi connectivity index (χ0v) is 11.1. The molecule has 0 aromatic carbocycles. The Morgan fingerprint density at radius 2 is 2.29 bits per heavy atom. The van der Waals surface area contributed by atoms with Crippen molar-refractivity contribution >= 4 is 5.97 Å². The van der Waals surface area contributed by atoms with Crippen molar-refractivity contribution in [3.63, 3.8) is 0 Å². The summed E-state index contributed by atoms with van der Waals surface area (Å²) in [5, 5.41) is 12.3. The molecule has 1 aliphatic rings. The summed E-state index contributed by atoms with van der Waals surface area (Å²) in [6.45, 7) is 7.71. The van der Waals surface area contributed by atoms with Gasteiger partial charge in [0.25, 0.3) is 0 Å². The van der Waals surface area contributed by atoms with Gasteiger partial charge in [-0.05, 0) is 12.3 Å². The first-order chi connectivity index (χ1) is 8.19. The molecule has 0 saturated carbocycles. The fourth-order valence-electron chi connectivity index (χ4n) is 2.46. The number of nitrogens with zero attached hydrogens (tertiary/aromatic N) is 1. The molecule has 2 N–H and O–H groups in total. The van der Waals surface area contributed by atoms with Gasteiger partial charge in [0.2, 0.25) is 0 Å². The highest BCUT2D eigenvalue weighted by molar-refractivity contribution is 5.73. The van der Waals surface area contributed by atoms with Crippen molar-refractivity contribution in [1.82, 2.24) is 10.2 Å². The van der Waals surface area contributed by atoms with Crippen molar-refractivity contribution < 1.29 is 9.90 Å². The summed E-state index contributed by atoms with van der Waals surface area (Å²) in [7, 11) is 0. The van der Waals surface area contributed by atoms with E-state index >= 15 is 0 Å². The number of nitrogens with one attached hydrogen (secondary N) is 1. The van der Waals surface area contributed by atoms with Crippen LogP contribution in [0.25, 0.3) is 0 Å². The summed E-state index contributed by atoms with van der Waals surface area (Å²) in [4.78, 5) is 13.3. The lowest BCUT2D eigenvalue weighted by Crippen LogP contribution is -2.55. The van der Waals surface area contributed by atoms with E-state index in [1.54, 1.807) is 0 Å². The van der Waals surface area contributed by atoms with Crippen molar-refractivity contribution in [3.8, 4) is 0 Å². The largest absolute Gasteiger partial charge is 0.480 e. The van der Waals surface area contributed by atoms with E-state index < -0.39 is 5.97 Å². The van der Waals surface area contributed by atoms with Crippen LogP contribution >= 0.6 is 0 Å². The van der Waals surface area contributed by atoms with E-state index in [9.17, 15) is 9.90 Å². The Hall–Kier alpha value is -0.610. The molecule has 2 atom stereocenters. The van der Waals surface area contributed by atoms with Gasteiger partial charge in [-0.1, -0.05) is 33.1 Å². The average molecular weight is 242 g/mol. The molecule has 0 spiro atoms. The average Bonchev–Trinajstić information content (AvgIpc) is 2.34. The maximum absolute atomic E-state index is 11.2. The lowest BCUT2D eigenvalue weighted by Gasteiger charge is -2.35. The molecule has 2 unspecified atom stereocenters. The second kappa shape index (κ2) is 7.67. The first-order valence-electron chi connectivity index (χ1n) is 6.86. The molecule has 0 aromatic heterocycles. The predicted molar refractivity (Wildman–Crippen MR) is 69.2 cm³/mol. The topological polar surface area (TPSA) is 52.6 Å². The zero-order chi connectivity index (χ0) is 12.7. The van der Waals surface area contributed by atoms with Crippen molar-refractivity contribution in [2.45, 2.75) is 45.6 Å². The molecule has 1 saturated heterocycles. The summed E-state index contributed by atoms with van der Waals surface area (Å²) < 4.78 is 0. The summed E-state index contributed by atoms with van der Waals surface area (Å²) >= 11 is 0. The lowest BCUT2D eigenvalue weighted by molar-refractivity contribution is -0.144. The maximum Gasteiger partial charge on any atom is 0.322 e. The van der Waals surface area contributed by atoms with Gasteiger partial charge in [-0.25, -0.2) is 0 Å². The fraction of sp³-hybridized carbons (Fsp3) is 0.923. The van der Waals surface area contributed by atoms with Gasteiger partial charge in [-0.3, -0.25) is 9.69 Å². The van der Waals surface area contributed by atoms with Crippen LogP contribution in [-0.4, -0.2) is 48.2 Å². The molecular weight excluding hydrogens is 216 g/mol.